The Kier molecular flexibility index (Phi) is 8.82. The molecule has 0 radical (unpaired) electrons. The van der Waals surface area contributed by atoms with Gasteiger partial charge in [-0.15, -0.1) is 11.8 Å². The van der Waals surface area contributed by atoms with Crippen LogP contribution in [0, 0.1) is 0 Å². The summed E-state index contributed by atoms with van der Waals surface area (Å²) >= 11 is 7.24. The number of hydrogen-bond acceptors (Lipinski definition) is 9. The first-order chi connectivity index (χ1) is 19.9. The maximum atomic E-state index is 12.7. The van der Waals surface area contributed by atoms with Gasteiger partial charge in [0.1, 0.15) is 17.0 Å². The molecule has 41 heavy (non-hydrogen) atoms. The van der Waals surface area contributed by atoms with Crippen LogP contribution in [0.3, 0.4) is 0 Å². The summed E-state index contributed by atoms with van der Waals surface area (Å²) in [6.45, 7) is 0. The van der Waals surface area contributed by atoms with Gasteiger partial charge in [0.15, 0.2) is 0 Å². The van der Waals surface area contributed by atoms with Crippen LogP contribution in [0.5, 0.6) is 17.4 Å². The number of pyridine rings is 1. The molecule has 1 aromatic heterocycles. The SMILES string of the molecule is COc1ccc(C2=NN(C(N)SCC(=O)Nc3ccc(Cl)cc3)C(c3cc4cc(OC)ccc4nc3OC)C2)cc1. The highest BCUT2D eigenvalue weighted by atomic mass is 35.5. The molecule has 1 aliphatic rings. The van der Waals surface area contributed by atoms with Crippen LogP contribution in [0.15, 0.2) is 77.9 Å². The van der Waals surface area contributed by atoms with E-state index in [0.717, 1.165) is 39.2 Å². The summed E-state index contributed by atoms with van der Waals surface area (Å²) in [6, 6.07) is 22.1. The molecule has 0 bridgehead atoms. The summed E-state index contributed by atoms with van der Waals surface area (Å²) in [5.74, 6) is 1.92. The van der Waals surface area contributed by atoms with Crippen LogP contribution in [-0.2, 0) is 4.79 Å². The third-order valence-corrected chi connectivity index (χ3v) is 7.94. The predicted octanol–water partition coefficient (Wildman–Crippen LogP) is 5.68. The van der Waals surface area contributed by atoms with E-state index in [1.165, 1.54) is 11.8 Å². The van der Waals surface area contributed by atoms with E-state index in [9.17, 15) is 4.79 Å². The topological polar surface area (TPSA) is 111 Å². The van der Waals surface area contributed by atoms with E-state index in [2.05, 4.69) is 5.32 Å². The van der Waals surface area contributed by atoms with E-state index in [4.69, 9.17) is 41.6 Å². The van der Waals surface area contributed by atoms with Crippen LogP contribution >= 0.6 is 23.4 Å². The Balaban J connectivity index is 1.43. The fourth-order valence-corrected chi connectivity index (χ4v) is 5.49. The minimum Gasteiger partial charge on any atom is -0.497 e. The average molecular weight is 592 g/mol. The van der Waals surface area contributed by atoms with Gasteiger partial charge in [0.2, 0.25) is 11.8 Å². The van der Waals surface area contributed by atoms with Gasteiger partial charge in [0, 0.05) is 28.1 Å². The zero-order chi connectivity index (χ0) is 28.9. The van der Waals surface area contributed by atoms with Gasteiger partial charge in [-0.25, -0.2) is 4.98 Å². The molecule has 0 saturated heterocycles. The molecule has 2 heterocycles. The van der Waals surface area contributed by atoms with Crippen molar-refractivity contribution in [2.24, 2.45) is 10.8 Å². The molecule has 3 N–H and O–H groups in total. The number of anilines is 1. The number of nitrogens with one attached hydrogen (secondary N) is 1. The fourth-order valence-electron chi connectivity index (χ4n) is 4.62. The van der Waals surface area contributed by atoms with Gasteiger partial charge in [-0.05, 0) is 78.4 Å². The van der Waals surface area contributed by atoms with E-state index >= 15 is 0 Å². The normalized spacial score (nSPS) is 15.4. The summed E-state index contributed by atoms with van der Waals surface area (Å²) in [5, 5.41) is 11.1. The highest BCUT2D eigenvalue weighted by molar-refractivity contribution is 8.00. The number of aromatic nitrogens is 1. The Morgan fingerprint density at radius 2 is 1.73 bits per heavy atom. The predicted molar refractivity (Wildman–Crippen MR) is 164 cm³/mol. The van der Waals surface area contributed by atoms with Crippen LogP contribution in [0.4, 0.5) is 5.69 Å². The van der Waals surface area contributed by atoms with E-state index in [1.54, 1.807) is 45.6 Å². The number of amides is 1. The molecule has 1 aliphatic heterocycles. The number of fused-ring (bicyclic) bond motifs is 1. The number of carbonyl (C=O) groups is 1. The summed E-state index contributed by atoms with van der Waals surface area (Å²) in [5.41, 5.74) is 10.1. The summed E-state index contributed by atoms with van der Waals surface area (Å²) in [7, 11) is 4.86. The Bertz CT molecular complexity index is 1570. The second kappa shape index (κ2) is 12.7. The van der Waals surface area contributed by atoms with E-state index in [-0.39, 0.29) is 17.7 Å². The molecular weight excluding hydrogens is 562 g/mol. The fraction of sp³-hybridized carbons (Fsp3) is 0.233. The highest BCUT2D eigenvalue weighted by Gasteiger charge is 2.35. The lowest BCUT2D eigenvalue weighted by molar-refractivity contribution is -0.113. The average Bonchev–Trinajstić information content (AvgIpc) is 3.45. The number of halogens is 1. The van der Waals surface area contributed by atoms with Gasteiger partial charge in [-0.2, -0.15) is 5.10 Å². The number of ether oxygens (including phenoxy) is 3. The number of benzene rings is 3. The van der Waals surface area contributed by atoms with Crippen molar-refractivity contribution >= 4 is 51.6 Å². The first-order valence-electron chi connectivity index (χ1n) is 12.8. The van der Waals surface area contributed by atoms with Crippen molar-refractivity contribution < 1.29 is 19.0 Å². The van der Waals surface area contributed by atoms with Crippen molar-refractivity contribution in [1.82, 2.24) is 9.99 Å². The van der Waals surface area contributed by atoms with Crippen molar-refractivity contribution in [2.45, 2.75) is 18.0 Å². The van der Waals surface area contributed by atoms with E-state index in [0.29, 0.717) is 23.0 Å². The molecule has 0 fully saturated rings. The lowest BCUT2D eigenvalue weighted by atomic mass is 9.98. The molecule has 2 unspecified atom stereocenters. The second-order valence-electron chi connectivity index (χ2n) is 9.28. The molecule has 1 amide bonds. The first-order valence-corrected chi connectivity index (χ1v) is 14.3. The van der Waals surface area contributed by atoms with E-state index < -0.39 is 5.50 Å². The van der Waals surface area contributed by atoms with Gasteiger partial charge in [-0.1, -0.05) is 11.6 Å². The second-order valence-corrected chi connectivity index (χ2v) is 10.8. The van der Waals surface area contributed by atoms with Crippen LogP contribution in [-0.4, -0.2) is 54.2 Å². The molecule has 0 spiro atoms. The molecule has 0 aliphatic carbocycles. The molecular formula is C30H30ClN5O4S. The van der Waals surface area contributed by atoms with Crippen molar-refractivity contribution in [3.63, 3.8) is 0 Å². The number of hydrazone groups is 1. The summed E-state index contributed by atoms with van der Waals surface area (Å²) < 4.78 is 16.5. The van der Waals surface area contributed by atoms with Crippen molar-refractivity contribution in [1.29, 1.82) is 0 Å². The van der Waals surface area contributed by atoms with Crippen LogP contribution in [0.25, 0.3) is 10.9 Å². The Labute approximate surface area is 247 Å². The quantitative estimate of drug-likeness (QED) is 0.227. The minimum absolute atomic E-state index is 0.130. The Hall–Kier alpha value is -3.99. The smallest absolute Gasteiger partial charge is 0.234 e. The Morgan fingerprint density at radius 1 is 1.02 bits per heavy atom. The largest absolute Gasteiger partial charge is 0.497 e. The third kappa shape index (κ3) is 6.51. The molecule has 11 heteroatoms. The number of nitrogens with two attached hydrogens (primary N) is 1. The van der Waals surface area contributed by atoms with Gasteiger partial charge in [-0.3, -0.25) is 9.80 Å². The monoisotopic (exact) mass is 591 g/mol. The molecule has 5 rings (SSSR count). The molecule has 4 aromatic rings. The standard InChI is InChI=1S/C30H30ClN5O4S/c1-38-22-10-4-18(5-11-22)26-16-27(24-15-19-14-23(39-2)12-13-25(19)34-29(24)40-3)36(35-26)30(32)41-17-28(37)33-21-8-6-20(31)7-9-21/h4-15,27,30H,16-17,32H2,1-3H3,(H,33,37). The van der Waals surface area contributed by atoms with Crippen molar-refractivity contribution in [3.05, 3.63) is 88.9 Å². The van der Waals surface area contributed by atoms with Gasteiger partial charge < -0.3 is 25.3 Å². The number of thioether (sulfide) groups is 1. The van der Waals surface area contributed by atoms with E-state index in [1.807, 2.05) is 53.5 Å². The molecule has 3 aromatic carbocycles. The number of rotatable bonds is 10. The van der Waals surface area contributed by atoms with Crippen LogP contribution in [0.2, 0.25) is 5.02 Å². The Morgan fingerprint density at radius 3 is 2.41 bits per heavy atom. The van der Waals surface area contributed by atoms with Gasteiger partial charge in [0.25, 0.3) is 0 Å². The zero-order valence-electron chi connectivity index (χ0n) is 22.8. The number of hydrogen-bond donors (Lipinski definition) is 2. The van der Waals surface area contributed by atoms with Crippen LogP contribution in [0.1, 0.15) is 23.6 Å². The maximum Gasteiger partial charge on any atom is 0.234 e. The first kappa shape index (κ1) is 28.5. The zero-order valence-corrected chi connectivity index (χ0v) is 24.4. The number of methoxy groups -OCH3 is 3. The summed E-state index contributed by atoms with van der Waals surface area (Å²) in [4.78, 5) is 17.5. The van der Waals surface area contributed by atoms with Crippen LogP contribution < -0.4 is 25.3 Å². The summed E-state index contributed by atoms with van der Waals surface area (Å²) in [6.07, 6.45) is 0.561. The number of carbonyl (C=O) groups excluding carboxylic acids is 1. The van der Waals surface area contributed by atoms with Crippen molar-refractivity contribution in [3.8, 4) is 17.4 Å². The van der Waals surface area contributed by atoms with Gasteiger partial charge >= 0.3 is 0 Å². The van der Waals surface area contributed by atoms with Crippen molar-refractivity contribution in [2.75, 3.05) is 32.4 Å². The van der Waals surface area contributed by atoms with Gasteiger partial charge in [0.05, 0.1) is 44.4 Å². The maximum absolute atomic E-state index is 12.7. The molecule has 212 valence electrons. The highest BCUT2D eigenvalue weighted by Crippen LogP contribution is 2.40. The third-order valence-electron chi connectivity index (χ3n) is 6.71. The lowest BCUT2D eigenvalue weighted by Gasteiger charge is -2.29. The minimum atomic E-state index is -0.627. The molecule has 2 atom stereocenters. The molecule has 0 saturated carbocycles. The molecule has 9 nitrogen and oxygen atoms in total. The lowest BCUT2D eigenvalue weighted by Crippen LogP contribution is -2.37. The number of nitrogens with zero attached hydrogens (tertiary/aromatic N) is 3.